The number of amides is 1. The van der Waals surface area contributed by atoms with Crippen molar-refractivity contribution in [3.05, 3.63) is 22.5 Å². The van der Waals surface area contributed by atoms with E-state index in [1.807, 2.05) is 6.92 Å². The highest BCUT2D eigenvalue weighted by molar-refractivity contribution is 6.31. The Kier molecular flexibility index (Phi) is 4.09. The molecule has 1 aromatic rings. The van der Waals surface area contributed by atoms with Gasteiger partial charge in [-0.05, 0) is 26.3 Å². The molecule has 0 saturated carbocycles. The zero-order chi connectivity index (χ0) is 15.8. The lowest BCUT2D eigenvalue weighted by Gasteiger charge is -2.18. The van der Waals surface area contributed by atoms with Gasteiger partial charge >= 0.3 is 5.97 Å². The van der Waals surface area contributed by atoms with Gasteiger partial charge < -0.3 is 10.0 Å². The molecule has 1 saturated heterocycles. The fraction of sp³-hybridized carbons (Fsp3) is 0.500. The Bertz CT molecular complexity index is 623. The number of hydrogen-bond acceptors (Lipinski definition) is 3. The minimum atomic E-state index is -0.868. The van der Waals surface area contributed by atoms with E-state index in [2.05, 4.69) is 5.10 Å². The lowest BCUT2D eigenvalue weighted by Crippen LogP contribution is -2.34. The van der Waals surface area contributed by atoms with E-state index in [-0.39, 0.29) is 12.5 Å². The van der Waals surface area contributed by atoms with Crippen LogP contribution in [-0.2, 0) is 16.6 Å². The second kappa shape index (κ2) is 5.52. The zero-order valence-corrected chi connectivity index (χ0v) is 13.0. The number of aryl methyl sites for hydroxylation is 2. The number of carboxylic acids is 1. The van der Waals surface area contributed by atoms with E-state index in [4.69, 9.17) is 11.6 Å². The van der Waals surface area contributed by atoms with Crippen LogP contribution in [0.3, 0.4) is 0 Å². The fourth-order valence-electron chi connectivity index (χ4n) is 2.42. The molecule has 1 fully saturated rings. The van der Waals surface area contributed by atoms with Crippen LogP contribution in [0, 0.1) is 12.3 Å². The quantitative estimate of drug-likeness (QED) is 0.862. The second-order valence-corrected chi connectivity index (χ2v) is 5.98. The largest absolute Gasteiger partial charge is 0.481 e. The van der Waals surface area contributed by atoms with Gasteiger partial charge in [0, 0.05) is 31.8 Å². The summed E-state index contributed by atoms with van der Waals surface area (Å²) in [5.41, 5.74) is 0.585. The molecule has 0 aliphatic carbocycles. The van der Waals surface area contributed by atoms with Crippen molar-refractivity contribution in [2.75, 3.05) is 13.1 Å². The van der Waals surface area contributed by atoms with Crippen molar-refractivity contribution in [1.82, 2.24) is 14.7 Å². The summed E-state index contributed by atoms with van der Waals surface area (Å²) in [5, 5.41) is 13.8. The molecule has 2 rings (SSSR count). The normalized spacial score (nSPS) is 22.2. The number of aromatic nitrogens is 2. The Labute approximate surface area is 128 Å². The van der Waals surface area contributed by atoms with E-state index < -0.39 is 11.4 Å². The summed E-state index contributed by atoms with van der Waals surface area (Å²) in [6, 6.07) is 0. The molecule has 2 heterocycles. The molecule has 21 heavy (non-hydrogen) atoms. The number of carbonyl (C=O) groups is 2. The Morgan fingerprint density at radius 1 is 1.48 bits per heavy atom. The SMILES string of the molecule is Cc1nn(C)c(Cl)c1/C=C/C(=O)N1CC[C@](C)(C(=O)O)C1. The maximum atomic E-state index is 12.1. The molecule has 0 bridgehead atoms. The van der Waals surface area contributed by atoms with Gasteiger partial charge in [-0.2, -0.15) is 5.10 Å². The van der Waals surface area contributed by atoms with Crippen molar-refractivity contribution < 1.29 is 14.7 Å². The molecule has 114 valence electrons. The molecule has 0 spiro atoms. The Morgan fingerprint density at radius 2 is 2.14 bits per heavy atom. The molecule has 1 aliphatic heterocycles. The van der Waals surface area contributed by atoms with Crippen LogP contribution in [0.5, 0.6) is 0 Å². The maximum Gasteiger partial charge on any atom is 0.311 e. The van der Waals surface area contributed by atoms with Gasteiger partial charge in [0.25, 0.3) is 0 Å². The maximum absolute atomic E-state index is 12.1. The zero-order valence-electron chi connectivity index (χ0n) is 12.3. The Hall–Kier alpha value is -1.82. The summed E-state index contributed by atoms with van der Waals surface area (Å²) in [5.74, 6) is -1.08. The van der Waals surface area contributed by atoms with Gasteiger partial charge in [0.1, 0.15) is 5.15 Å². The molecule has 6 nitrogen and oxygen atoms in total. The first kappa shape index (κ1) is 15.6. The van der Waals surface area contributed by atoms with E-state index in [0.29, 0.717) is 23.7 Å². The van der Waals surface area contributed by atoms with Crippen molar-refractivity contribution in [3.8, 4) is 0 Å². The summed E-state index contributed by atoms with van der Waals surface area (Å²) >= 11 is 6.09. The molecule has 1 amide bonds. The third kappa shape index (κ3) is 2.95. The van der Waals surface area contributed by atoms with Crippen LogP contribution < -0.4 is 0 Å². The summed E-state index contributed by atoms with van der Waals surface area (Å²) in [4.78, 5) is 24.9. The van der Waals surface area contributed by atoms with Gasteiger partial charge in [-0.25, -0.2) is 0 Å². The minimum absolute atomic E-state index is 0.209. The first-order valence-corrected chi connectivity index (χ1v) is 7.02. The monoisotopic (exact) mass is 311 g/mol. The number of rotatable bonds is 3. The summed E-state index contributed by atoms with van der Waals surface area (Å²) in [6.07, 6.45) is 3.52. The van der Waals surface area contributed by atoms with Crippen LogP contribution in [0.15, 0.2) is 6.08 Å². The van der Waals surface area contributed by atoms with Crippen molar-refractivity contribution in [3.63, 3.8) is 0 Å². The van der Waals surface area contributed by atoms with Crippen LogP contribution in [0.4, 0.5) is 0 Å². The molecule has 1 aromatic heterocycles. The lowest BCUT2D eigenvalue weighted by atomic mass is 9.90. The van der Waals surface area contributed by atoms with Crippen molar-refractivity contribution in [2.24, 2.45) is 12.5 Å². The predicted molar refractivity (Wildman–Crippen MR) is 78.9 cm³/mol. The van der Waals surface area contributed by atoms with E-state index in [1.165, 1.54) is 6.08 Å². The van der Waals surface area contributed by atoms with Crippen molar-refractivity contribution >= 4 is 29.6 Å². The number of halogens is 1. The molecular formula is C14H18ClN3O3. The molecule has 0 aromatic carbocycles. The van der Waals surface area contributed by atoms with Gasteiger partial charge in [-0.3, -0.25) is 14.3 Å². The van der Waals surface area contributed by atoms with Gasteiger partial charge in [-0.15, -0.1) is 0 Å². The van der Waals surface area contributed by atoms with Crippen LogP contribution in [0.25, 0.3) is 6.08 Å². The van der Waals surface area contributed by atoms with E-state index in [9.17, 15) is 14.7 Å². The summed E-state index contributed by atoms with van der Waals surface area (Å²) in [7, 11) is 1.73. The average molecular weight is 312 g/mol. The first-order valence-electron chi connectivity index (χ1n) is 6.64. The third-order valence-electron chi connectivity index (χ3n) is 3.89. The Balaban J connectivity index is 2.09. The molecule has 1 aliphatic rings. The minimum Gasteiger partial charge on any atom is -0.481 e. The van der Waals surface area contributed by atoms with E-state index in [1.54, 1.807) is 29.6 Å². The molecule has 1 atom stereocenters. The van der Waals surface area contributed by atoms with Crippen molar-refractivity contribution in [2.45, 2.75) is 20.3 Å². The predicted octanol–water partition coefficient (Wildman–Crippen LogP) is 1.72. The van der Waals surface area contributed by atoms with Crippen LogP contribution in [0.2, 0.25) is 5.15 Å². The van der Waals surface area contributed by atoms with Gasteiger partial charge in [0.15, 0.2) is 0 Å². The van der Waals surface area contributed by atoms with Gasteiger partial charge in [0.05, 0.1) is 11.1 Å². The fourth-order valence-corrected chi connectivity index (χ4v) is 2.66. The Morgan fingerprint density at radius 3 is 2.62 bits per heavy atom. The van der Waals surface area contributed by atoms with E-state index >= 15 is 0 Å². The number of carboxylic acid groups (broad SMARTS) is 1. The van der Waals surface area contributed by atoms with Crippen LogP contribution >= 0.6 is 11.6 Å². The molecule has 0 radical (unpaired) electrons. The third-order valence-corrected chi connectivity index (χ3v) is 4.34. The number of carbonyl (C=O) groups excluding carboxylic acids is 1. The first-order chi connectivity index (χ1) is 9.74. The number of hydrogen-bond donors (Lipinski definition) is 1. The van der Waals surface area contributed by atoms with Gasteiger partial charge in [0.2, 0.25) is 5.91 Å². The number of aliphatic carboxylic acids is 1. The highest BCUT2D eigenvalue weighted by Crippen LogP contribution is 2.30. The van der Waals surface area contributed by atoms with Crippen molar-refractivity contribution in [1.29, 1.82) is 0 Å². The average Bonchev–Trinajstić information content (AvgIpc) is 2.91. The molecule has 7 heteroatoms. The highest BCUT2D eigenvalue weighted by atomic mass is 35.5. The molecular weight excluding hydrogens is 294 g/mol. The number of nitrogens with zero attached hydrogens (tertiary/aromatic N) is 3. The molecule has 0 unspecified atom stereocenters. The standard InChI is InChI=1S/C14H18ClN3O3/c1-9-10(12(15)17(3)16-9)4-5-11(19)18-7-6-14(2,8-18)13(20)21/h4-5H,6-8H2,1-3H3,(H,20,21)/b5-4+/t14-/m0/s1. The lowest BCUT2D eigenvalue weighted by molar-refractivity contribution is -0.147. The molecule has 1 N–H and O–H groups in total. The smallest absolute Gasteiger partial charge is 0.311 e. The second-order valence-electron chi connectivity index (χ2n) is 5.62. The summed E-state index contributed by atoms with van der Waals surface area (Å²) < 4.78 is 1.54. The van der Waals surface area contributed by atoms with Crippen LogP contribution in [0.1, 0.15) is 24.6 Å². The van der Waals surface area contributed by atoms with Crippen LogP contribution in [-0.4, -0.2) is 44.8 Å². The van der Waals surface area contributed by atoms with Gasteiger partial charge in [-0.1, -0.05) is 11.6 Å². The number of likely N-dealkylation sites (tertiary alicyclic amines) is 1. The topological polar surface area (TPSA) is 75.4 Å². The van der Waals surface area contributed by atoms with E-state index in [0.717, 1.165) is 5.69 Å². The summed E-state index contributed by atoms with van der Waals surface area (Å²) in [6.45, 7) is 4.15. The highest BCUT2D eigenvalue weighted by Gasteiger charge is 2.41.